The van der Waals surface area contributed by atoms with E-state index < -0.39 is 5.97 Å². The summed E-state index contributed by atoms with van der Waals surface area (Å²) in [5.74, 6) is 0.491. The number of piperidine rings is 1. The van der Waals surface area contributed by atoms with E-state index in [0.29, 0.717) is 49.9 Å². The SMILES string of the molecule is NCC(=O)O[C@H]1CCN(c2cncc(C(=O)Nc3cc4sc(N5CCOCC5)nc4nc3N3CCCCC3)n2)C1. The lowest BCUT2D eigenvalue weighted by atomic mass is 10.1. The second-order valence-corrected chi connectivity index (χ2v) is 11.1. The van der Waals surface area contributed by atoms with Gasteiger partial charge in [0.2, 0.25) is 0 Å². The molecule has 13 nitrogen and oxygen atoms in total. The minimum Gasteiger partial charge on any atom is -0.459 e. The summed E-state index contributed by atoms with van der Waals surface area (Å²) in [7, 11) is 0. The van der Waals surface area contributed by atoms with E-state index >= 15 is 0 Å². The number of pyridine rings is 1. The van der Waals surface area contributed by atoms with Crippen molar-refractivity contribution >= 4 is 56.0 Å². The van der Waals surface area contributed by atoms with Crippen molar-refractivity contribution in [3.05, 3.63) is 24.2 Å². The molecular weight excluding hydrogens is 534 g/mol. The van der Waals surface area contributed by atoms with Crippen molar-refractivity contribution in [1.29, 1.82) is 0 Å². The van der Waals surface area contributed by atoms with Gasteiger partial charge in [-0.3, -0.25) is 14.6 Å². The molecule has 3 saturated heterocycles. The van der Waals surface area contributed by atoms with Crippen LogP contribution in [0.1, 0.15) is 36.2 Å². The number of rotatable bonds is 7. The van der Waals surface area contributed by atoms with E-state index in [2.05, 4.69) is 25.1 Å². The number of hydrogen-bond acceptors (Lipinski definition) is 13. The van der Waals surface area contributed by atoms with Gasteiger partial charge < -0.3 is 35.2 Å². The Hall–Kier alpha value is -3.62. The van der Waals surface area contributed by atoms with Gasteiger partial charge in [0.05, 0.1) is 49.1 Å². The van der Waals surface area contributed by atoms with Crippen molar-refractivity contribution in [1.82, 2.24) is 19.9 Å². The lowest BCUT2D eigenvalue weighted by molar-refractivity contribution is -0.146. The minimum atomic E-state index is -0.431. The molecule has 0 saturated carbocycles. The number of carbonyl (C=O) groups excluding carboxylic acids is 2. The summed E-state index contributed by atoms with van der Waals surface area (Å²) >= 11 is 1.57. The third-order valence-electron chi connectivity index (χ3n) is 7.32. The van der Waals surface area contributed by atoms with E-state index in [9.17, 15) is 9.59 Å². The number of nitrogens with one attached hydrogen (secondary N) is 1. The first-order valence-electron chi connectivity index (χ1n) is 13.7. The molecule has 14 heteroatoms. The minimum absolute atomic E-state index is 0.151. The maximum Gasteiger partial charge on any atom is 0.320 e. The van der Waals surface area contributed by atoms with Crippen LogP contribution in [-0.2, 0) is 14.3 Å². The highest BCUT2D eigenvalue weighted by atomic mass is 32.1. The number of nitrogens with zero attached hydrogens (tertiary/aromatic N) is 7. The molecule has 0 unspecified atom stereocenters. The monoisotopic (exact) mass is 567 g/mol. The number of ether oxygens (including phenoxy) is 2. The van der Waals surface area contributed by atoms with Crippen LogP contribution in [0.25, 0.3) is 10.3 Å². The van der Waals surface area contributed by atoms with Crippen LogP contribution in [0.2, 0.25) is 0 Å². The third kappa shape index (κ3) is 5.78. The Bertz CT molecular complexity index is 1370. The molecule has 0 bridgehead atoms. The molecule has 0 spiro atoms. The van der Waals surface area contributed by atoms with Gasteiger partial charge in [0.25, 0.3) is 5.91 Å². The molecule has 3 aromatic rings. The van der Waals surface area contributed by atoms with E-state index in [0.717, 1.165) is 54.7 Å². The smallest absolute Gasteiger partial charge is 0.320 e. The quantitative estimate of drug-likeness (QED) is 0.399. The van der Waals surface area contributed by atoms with Crippen LogP contribution >= 0.6 is 11.3 Å². The van der Waals surface area contributed by atoms with Crippen LogP contribution in [0.3, 0.4) is 0 Å². The van der Waals surface area contributed by atoms with Gasteiger partial charge in [0.15, 0.2) is 16.6 Å². The van der Waals surface area contributed by atoms with Crippen molar-refractivity contribution in [2.45, 2.75) is 31.8 Å². The summed E-state index contributed by atoms with van der Waals surface area (Å²) in [6.07, 6.45) is 6.81. The predicted molar refractivity (Wildman–Crippen MR) is 152 cm³/mol. The van der Waals surface area contributed by atoms with Crippen molar-refractivity contribution in [3.63, 3.8) is 0 Å². The number of carbonyl (C=O) groups is 2. The Kier molecular flexibility index (Phi) is 7.89. The lowest BCUT2D eigenvalue weighted by Crippen LogP contribution is -2.36. The van der Waals surface area contributed by atoms with Crippen LogP contribution in [0.15, 0.2) is 18.5 Å². The molecule has 212 valence electrons. The summed E-state index contributed by atoms with van der Waals surface area (Å²) in [6, 6.07) is 1.97. The lowest BCUT2D eigenvalue weighted by Gasteiger charge is -2.29. The molecule has 1 atom stereocenters. The van der Waals surface area contributed by atoms with Gasteiger partial charge in [-0.05, 0) is 25.3 Å². The summed E-state index contributed by atoms with van der Waals surface area (Å²) in [6.45, 7) is 5.67. The second-order valence-electron chi connectivity index (χ2n) is 10.1. The molecule has 0 radical (unpaired) electrons. The molecule has 6 heterocycles. The van der Waals surface area contributed by atoms with Gasteiger partial charge in [-0.1, -0.05) is 11.3 Å². The number of aromatic nitrogens is 4. The average Bonchev–Trinajstić information content (AvgIpc) is 3.64. The molecule has 3 fully saturated rings. The van der Waals surface area contributed by atoms with Crippen molar-refractivity contribution < 1.29 is 19.1 Å². The predicted octanol–water partition coefficient (Wildman–Crippen LogP) is 1.64. The first kappa shape index (κ1) is 26.6. The molecular formula is C26H33N9O4S. The Morgan fingerprint density at radius 3 is 2.65 bits per heavy atom. The van der Waals surface area contributed by atoms with Gasteiger partial charge in [0.1, 0.15) is 17.6 Å². The number of hydrogen-bond donors (Lipinski definition) is 2. The fourth-order valence-electron chi connectivity index (χ4n) is 5.24. The molecule has 3 N–H and O–H groups in total. The molecule has 3 aliphatic heterocycles. The number of fused-ring (bicyclic) bond motifs is 1. The van der Waals surface area contributed by atoms with Crippen LogP contribution in [0, 0.1) is 0 Å². The average molecular weight is 568 g/mol. The maximum absolute atomic E-state index is 13.5. The Balaban J connectivity index is 1.24. The molecule has 40 heavy (non-hydrogen) atoms. The number of esters is 1. The number of anilines is 4. The zero-order valence-electron chi connectivity index (χ0n) is 22.3. The van der Waals surface area contributed by atoms with Crippen molar-refractivity contribution in [2.75, 3.05) is 79.0 Å². The van der Waals surface area contributed by atoms with Gasteiger partial charge in [-0.25, -0.2) is 9.97 Å². The summed E-state index contributed by atoms with van der Waals surface area (Å²) in [5, 5.41) is 3.98. The van der Waals surface area contributed by atoms with Crippen molar-refractivity contribution in [2.24, 2.45) is 5.73 Å². The van der Waals surface area contributed by atoms with Crippen LogP contribution in [0.5, 0.6) is 0 Å². The van der Waals surface area contributed by atoms with Gasteiger partial charge in [-0.2, -0.15) is 4.98 Å². The molecule has 0 aliphatic carbocycles. The Labute approximate surface area is 235 Å². The summed E-state index contributed by atoms with van der Waals surface area (Å²) < 4.78 is 11.8. The normalized spacial score (nSPS) is 19.7. The van der Waals surface area contributed by atoms with E-state index in [-0.39, 0.29) is 24.2 Å². The molecule has 6 rings (SSSR count). The summed E-state index contributed by atoms with van der Waals surface area (Å²) in [5.41, 5.74) is 6.89. The second kappa shape index (κ2) is 11.9. The van der Waals surface area contributed by atoms with Crippen LogP contribution in [-0.4, -0.2) is 96.9 Å². The first-order chi connectivity index (χ1) is 19.6. The molecule has 1 amide bonds. The molecule has 3 aromatic heterocycles. The fraction of sp³-hybridized carbons (Fsp3) is 0.538. The van der Waals surface area contributed by atoms with E-state index in [1.54, 1.807) is 17.5 Å². The summed E-state index contributed by atoms with van der Waals surface area (Å²) in [4.78, 5) is 50.0. The zero-order valence-corrected chi connectivity index (χ0v) is 23.1. The third-order valence-corrected chi connectivity index (χ3v) is 8.38. The number of amides is 1. The standard InChI is InChI=1S/C26H33N9O4S/c27-13-22(36)39-17-4-7-35(16-17)21-15-28-14-19(29-21)25(37)30-18-12-20-23(31-24(18)33-5-2-1-3-6-33)32-26(40-20)34-8-10-38-11-9-34/h12,14-15,17H,1-11,13,16,27H2,(H,30,37)/t17-/m0/s1. The van der Waals surface area contributed by atoms with Gasteiger partial charge in [0, 0.05) is 39.1 Å². The van der Waals surface area contributed by atoms with Gasteiger partial charge in [-0.15, -0.1) is 0 Å². The largest absolute Gasteiger partial charge is 0.459 e. The number of morpholine rings is 1. The molecule has 3 aliphatic rings. The topological polar surface area (TPSA) is 152 Å². The molecule has 0 aromatic carbocycles. The Morgan fingerprint density at radius 1 is 1.02 bits per heavy atom. The van der Waals surface area contributed by atoms with Crippen molar-refractivity contribution in [3.8, 4) is 0 Å². The van der Waals surface area contributed by atoms with E-state index in [1.165, 1.54) is 12.6 Å². The Morgan fingerprint density at radius 2 is 1.85 bits per heavy atom. The van der Waals surface area contributed by atoms with E-state index in [1.807, 2.05) is 11.0 Å². The van der Waals surface area contributed by atoms with Crippen LogP contribution in [0.4, 0.5) is 22.5 Å². The number of nitrogens with two attached hydrogens (primary N) is 1. The first-order valence-corrected chi connectivity index (χ1v) is 14.6. The maximum atomic E-state index is 13.5. The highest BCUT2D eigenvalue weighted by molar-refractivity contribution is 7.22. The zero-order chi connectivity index (χ0) is 27.5. The van der Waals surface area contributed by atoms with Gasteiger partial charge >= 0.3 is 5.97 Å². The number of thiazole rings is 1. The highest BCUT2D eigenvalue weighted by Crippen LogP contribution is 2.35. The van der Waals surface area contributed by atoms with Crippen LogP contribution < -0.4 is 25.8 Å². The fourth-order valence-corrected chi connectivity index (χ4v) is 6.24. The van der Waals surface area contributed by atoms with E-state index in [4.69, 9.17) is 25.2 Å². The highest BCUT2D eigenvalue weighted by Gasteiger charge is 2.28.